The maximum atomic E-state index is 10.3. The molecule has 1 rings (SSSR count). The monoisotopic (exact) mass is 163 g/mol. The van der Waals surface area contributed by atoms with Crippen LogP contribution in [0.4, 0.5) is 0 Å². The van der Waals surface area contributed by atoms with Crippen LogP contribution in [-0.4, -0.2) is 24.4 Å². The van der Waals surface area contributed by atoms with E-state index >= 15 is 0 Å². The first kappa shape index (κ1) is 8.87. The second-order valence-electron chi connectivity index (χ2n) is 2.52. The van der Waals surface area contributed by atoms with Crippen molar-refractivity contribution in [1.29, 1.82) is 0 Å². The molecule has 0 aromatic carbocycles. The fraction of sp³-hybridized carbons (Fsp3) is 0.333. The Bertz CT molecular complexity index is 236. The van der Waals surface area contributed by atoms with Crippen molar-refractivity contribution in [2.75, 3.05) is 7.05 Å². The van der Waals surface area contributed by atoms with Crippen molar-refractivity contribution >= 4 is 6.29 Å². The molecule has 1 heterocycles. The minimum Gasteiger partial charge on any atom is -0.310 e. The summed E-state index contributed by atoms with van der Waals surface area (Å²) in [5, 5.41) is 2.85. The quantitative estimate of drug-likeness (QED) is 0.695. The van der Waals surface area contributed by atoms with Crippen molar-refractivity contribution in [3.05, 3.63) is 30.1 Å². The third kappa shape index (κ3) is 2.43. The highest BCUT2D eigenvalue weighted by molar-refractivity contribution is 5.59. The van der Waals surface area contributed by atoms with Crippen molar-refractivity contribution in [1.82, 2.24) is 10.3 Å². The molecule has 0 saturated heterocycles. The van der Waals surface area contributed by atoms with E-state index in [0.29, 0.717) is 6.42 Å². The predicted molar refractivity (Wildman–Crippen MR) is 46.5 cm³/mol. The second kappa shape index (κ2) is 4.62. The Morgan fingerprint density at radius 3 is 3.08 bits per heavy atom. The molecule has 0 unspecified atom stereocenters. The largest absolute Gasteiger partial charge is 0.310 e. The van der Waals surface area contributed by atoms with E-state index in [-0.39, 0.29) is 6.04 Å². The first-order valence-corrected chi connectivity index (χ1v) is 3.80. The molecule has 0 amide bonds. The minimum atomic E-state index is -0.228. The predicted octanol–water partition coefficient (Wildman–Crippen LogP) is 0.322. The van der Waals surface area contributed by atoms with Crippen LogP contribution in [0.15, 0.2) is 24.5 Å². The molecule has 1 atom stereocenters. The smallest absolute Gasteiger partial charge is 0.217 e. The lowest BCUT2D eigenvalue weighted by Gasteiger charge is -2.06. The molecule has 0 fully saturated rings. The first-order valence-electron chi connectivity index (χ1n) is 3.80. The van der Waals surface area contributed by atoms with Gasteiger partial charge in [-0.2, -0.15) is 0 Å². The SMILES string of the molecule is CN[C@H]([C]=O)Cc1cccnc1. The third-order valence-electron chi connectivity index (χ3n) is 1.65. The highest BCUT2D eigenvalue weighted by Gasteiger charge is 2.05. The van der Waals surface area contributed by atoms with Gasteiger partial charge in [0, 0.05) is 12.4 Å². The van der Waals surface area contributed by atoms with Gasteiger partial charge in [-0.3, -0.25) is 9.78 Å². The molecule has 0 aliphatic rings. The normalized spacial score (nSPS) is 12.4. The van der Waals surface area contributed by atoms with Crippen molar-refractivity contribution < 1.29 is 4.79 Å². The lowest BCUT2D eigenvalue weighted by atomic mass is 10.1. The molecule has 63 valence electrons. The van der Waals surface area contributed by atoms with Gasteiger partial charge in [-0.05, 0) is 25.1 Å². The zero-order valence-electron chi connectivity index (χ0n) is 6.95. The summed E-state index contributed by atoms with van der Waals surface area (Å²) in [5.74, 6) is 0. The van der Waals surface area contributed by atoms with E-state index < -0.39 is 0 Å². The number of nitrogens with zero attached hydrogens (tertiary/aromatic N) is 1. The summed E-state index contributed by atoms with van der Waals surface area (Å²) in [5.41, 5.74) is 1.04. The summed E-state index contributed by atoms with van der Waals surface area (Å²) >= 11 is 0. The number of hydrogen-bond donors (Lipinski definition) is 1. The zero-order chi connectivity index (χ0) is 8.81. The molecule has 0 aliphatic heterocycles. The van der Waals surface area contributed by atoms with Crippen LogP contribution in [-0.2, 0) is 11.2 Å². The van der Waals surface area contributed by atoms with Gasteiger partial charge in [0.05, 0.1) is 6.04 Å². The van der Waals surface area contributed by atoms with Crippen LogP contribution in [0, 0.1) is 0 Å². The number of carbonyl (C=O) groups excluding carboxylic acids is 1. The van der Waals surface area contributed by atoms with Crippen molar-refractivity contribution in [2.45, 2.75) is 12.5 Å². The summed E-state index contributed by atoms with van der Waals surface area (Å²) in [7, 11) is 1.74. The average Bonchev–Trinajstić information content (AvgIpc) is 2.16. The lowest BCUT2D eigenvalue weighted by Crippen LogP contribution is -2.28. The second-order valence-corrected chi connectivity index (χ2v) is 2.52. The summed E-state index contributed by atoms with van der Waals surface area (Å²) in [6.45, 7) is 0. The lowest BCUT2D eigenvalue weighted by molar-refractivity contribution is 0.526. The number of pyridine rings is 1. The molecule has 0 spiro atoms. The van der Waals surface area contributed by atoms with Crippen molar-refractivity contribution in [2.24, 2.45) is 0 Å². The Hall–Kier alpha value is -1.22. The van der Waals surface area contributed by atoms with Gasteiger partial charge in [0.15, 0.2) is 0 Å². The van der Waals surface area contributed by atoms with E-state index in [1.165, 1.54) is 0 Å². The van der Waals surface area contributed by atoms with Gasteiger partial charge in [-0.1, -0.05) is 6.07 Å². The molecule has 1 aromatic rings. The molecule has 3 heteroatoms. The molecule has 12 heavy (non-hydrogen) atoms. The summed E-state index contributed by atoms with van der Waals surface area (Å²) < 4.78 is 0. The van der Waals surface area contributed by atoms with Gasteiger partial charge in [-0.15, -0.1) is 0 Å². The number of likely N-dealkylation sites (N-methyl/N-ethyl adjacent to an activating group) is 1. The highest BCUT2D eigenvalue weighted by atomic mass is 16.1. The Morgan fingerprint density at radius 2 is 2.58 bits per heavy atom. The van der Waals surface area contributed by atoms with Crippen LogP contribution in [0.25, 0.3) is 0 Å². The van der Waals surface area contributed by atoms with Crippen LogP contribution in [0.1, 0.15) is 5.56 Å². The van der Waals surface area contributed by atoms with Crippen LogP contribution in [0.2, 0.25) is 0 Å². The first-order chi connectivity index (χ1) is 5.86. The van der Waals surface area contributed by atoms with Crippen molar-refractivity contribution in [3.63, 3.8) is 0 Å². The van der Waals surface area contributed by atoms with E-state index in [2.05, 4.69) is 10.3 Å². The van der Waals surface area contributed by atoms with Crippen LogP contribution in [0.3, 0.4) is 0 Å². The maximum absolute atomic E-state index is 10.3. The summed E-state index contributed by atoms with van der Waals surface area (Å²) in [6.07, 6.45) is 6.02. The number of nitrogens with one attached hydrogen (secondary N) is 1. The van der Waals surface area contributed by atoms with Crippen LogP contribution >= 0.6 is 0 Å². The van der Waals surface area contributed by atoms with E-state index in [1.807, 2.05) is 18.4 Å². The molecule has 0 saturated carbocycles. The molecular weight excluding hydrogens is 152 g/mol. The molecule has 0 aliphatic carbocycles. The average molecular weight is 163 g/mol. The third-order valence-corrected chi connectivity index (χ3v) is 1.65. The van der Waals surface area contributed by atoms with Crippen LogP contribution < -0.4 is 5.32 Å². The Morgan fingerprint density at radius 1 is 1.75 bits per heavy atom. The number of hydrogen-bond acceptors (Lipinski definition) is 3. The standard InChI is InChI=1S/C9H11N2O/c1-10-9(7-12)5-8-3-2-4-11-6-8/h2-4,6,9-10H,5H2,1H3/t9-/m0/s1. The molecule has 0 bridgehead atoms. The van der Waals surface area contributed by atoms with Crippen molar-refractivity contribution in [3.8, 4) is 0 Å². The number of rotatable bonds is 4. The fourth-order valence-corrected chi connectivity index (χ4v) is 0.957. The van der Waals surface area contributed by atoms with Crippen LogP contribution in [0.5, 0.6) is 0 Å². The van der Waals surface area contributed by atoms with Gasteiger partial charge in [0.25, 0.3) is 0 Å². The Labute approximate surface area is 71.8 Å². The van der Waals surface area contributed by atoms with Gasteiger partial charge in [0.1, 0.15) is 0 Å². The minimum absolute atomic E-state index is 0.228. The van der Waals surface area contributed by atoms with E-state index in [0.717, 1.165) is 5.56 Å². The van der Waals surface area contributed by atoms with E-state index in [1.54, 1.807) is 19.4 Å². The van der Waals surface area contributed by atoms with Gasteiger partial charge in [-0.25, -0.2) is 0 Å². The molecule has 3 nitrogen and oxygen atoms in total. The summed E-state index contributed by atoms with van der Waals surface area (Å²) in [4.78, 5) is 14.3. The van der Waals surface area contributed by atoms with E-state index in [4.69, 9.17) is 0 Å². The Kier molecular flexibility index (Phi) is 3.41. The zero-order valence-corrected chi connectivity index (χ0v) is 6.95. The molecule has 1 aromatic heterocycles. The van der Waals surface area contributed by atoms with Gasteiger partial charge < -0.3 is 5.32 Å². The Balaban J connectivity index is 2.56. The topological polar surface area (TPSA) is 42.0 Å². The fourth-order valence-electron chi connectivity index (χ4n) is 0.957. The van der Waals surface area contributed by atoms with Gasteiger partial charge >= 0.3 is 0 Å². The summed E-state index contributed by atoms with van der Waals surface area (Å²) in [6, 6.07) is 3.57. The molecular formula is C9H11N2O. The molecule has 1 N–H and O–H groups in total. The number of aromatic nitrogens is 1. The van der Waals surface area contributed by atoms with E-state index in [9.17, 15) is 4.79 Å². The molecule has 1 radical (unpaired) electrons. The highest BCUT2D eigenvalue weighted by Crippen LogP contribution is 1.98. The van der Waals surface area contributed by atoms with Gasteiger partial charge in [0.2, 0.25) is 6.29 Å². The maximum Gasteiger partial charge on any atom is 0.217 e.